The van der Waals surface area contributed by atoms with Crippen LogP contribution in [0.4, 0.5) is 0 Å². The quantitative estimate of drug-likeness (QED) is 0.938. The molecule has 0 saturated carbocycles. The van der Waals surface area contributed by atoms with Gasteiger partial charge < -0.3 is 15.4 Å². The number of pyridine rings is 1. The first-order chi connectivity index (χ1) is 11.6. The first-order valence-electron chi connectivity index (χ1n) is 8.23. The molecule has 2 N–H and O–H groups in total. The number of hydrogen-bond donors (Lipinski definition) is 1. The van der Waals surface area contributed by atoms with E-state index < -0.39 is 0 Å². The molecule has 1 aliphatic heterocycles. The average molecular weight is 325 g/mol. The molecule has 5 heteroatoms. The van der Waals surface area contributed by atoms with Crippen LogP contribution >= 0.6 is 0 Å². The number of carbonyl (C=O) groups excluding carboxylic acids is 1. The number of ether oxygens (including phenoxy) is 1. The van der Waals surface area contributed by atoms with E-state index in [1.54, 1.807) is 19.5 Å². The summed E-state index contributed by atoms with van der Waals surface area (Å²) in [5.74, 6) is 1.22. The summed E-state index contributed by atoms with van der Waals surface area (Å²) in [6.07, 6.45) is 4.38. The monoisotopic (exact) mass is 325 g/mol. The maximum atomic E-state index is 12.8. The fourth-order valence-corrected chi connectivity index (χ4v) is 3.26. The zero-order valence-corrected chi connectivity index (χ0v) is 14.1. The Morgan fingerprint density at radius 1 is 1.29 bits per heavy atom. The predicted molar refractivity (Wildman–Crippen MR) is 93.9 cm³/mol. The van der Waals surface area contributed by atoms with E-state index in [1.165, 1.54) is 0 Å². The molecule has 1 aromatic carbocycles. The summed E-state index contributed by atoms with van der Waals surface area (Å²) in [6.45, 7) is 3.43. The lowest BCUT2D eigenvalue weighted by Crippen LogP contribution is -2.34. The molecular formula is C19H23N3O2. The second kappa shape index (κ2) is 7.01. The van der Waals surface area contributed by atoms with Crippen molar-refractivity contribution >= 4 is 5.91 Å². The van der Waals surface area contributed by atoms with Crippen molar-refractivity contribution in [3.63, 3.8) is 0 Å². The molecule has 2 aromatic rings. The number of carbonyl (C=O) groups is 1. The van der Waals surface area contributed by atoms with Crippen LogP contribution in [0.1, 0.15) is 23.7 Å². The van der Waals surface area contributed by atoms with Gasteiger partial charge in [0.2, 0.25) is 0 Å². The number of likely N-dealkylation sites (tertiary alicyclic amines) is 1. The minimum absolute atomic E-state index is 0.0290. The Bertz CT molecular complexity index is 715. The van der Waals surface area contributed by atoms with Gasteiger partial charge in [-0.25, -0.2) is 0 Å². The van der Waals surface area contributed by atoms with Gasteiger partial charge in [0, 0.05) is 30.5 Å². The maximum Gasteiger partial charge on any atom is 0.255 e. The third kappa shape index (κ3) is 3.26. The fraction of sp³-hybridized carbons (Fsp3) is 0.368. The van der Waals surface area contributed by atoms with E-state index in [4.69, 9.17) is 10.5 Å². The number of amides is 1. The third-order valence-electron chi connectivity index (χ3n) is 4.66. The molecule has 24 heavy (non-hydrogen) atoms. The molecule has 0 aliphatic carbocycles. The number of benzene rings is 1. The van der Waals surface area contributed by atoms with Gasteiger partial charge in [0.25, 0.3) is 5.91 Å². The van der Waals surface area contributed by atoms with Crippen LogP contribution in [-0.4, -0.2) is 42.0 Å². The van der Waals surface area contributed by atoms with Crippen LogP contribution in [0.5, 0.6) is 5.75 Å². The van der Waals surface area contributed by atoms with Crippen molar-refractivity contribution in [1.29, 1.82) is 0 Å². The Balaban J connectivity index is 1.83. The van der Waals surface area contributed by atoms with Crippen LogP contribution in [0.15, 0.2) is 42.7 Å². The highest BCUT2D eigenvalue weighted by molar-refractivity contribution is 5.95. The summed E-state index contributed by atoms with van der Waals surface area (Å²) < 4.78 is 5.18. The number of nitrogens with two attached hydrogens (primary N) is 1. The minimum Gasteiger partial charge on any atom is -0.497 e. The molecule has 1 amide bonds. The summed E-state index contributed by atoms with van der Waals surface area (Å²) in [5, 5.41) is 0. The van der Waals surface area contributed by atoms with E-state index in [9.17, 15) is 4.79 Å². The molecule has 2 unspecified atom stereocenters. The molecule has 1 aliphatic rings. The van der Waals surface area contributed by atoms with Gasteiger partial charge >= 0.3 is 0 Å². The molecule has 126 valence electrons. The highest BCUT2D eigenvalue weighted by atomic mass is 16.5. The number of nitrogens with zero attached hydrogens (tertiary/aromatic N) is 2. The van der Waals surface area contributed by atoms with Crippen molar-refractivity contribution in [3.05, 3.63) is 48.3 Å². The van der Waals surface area contributed by atoms with Gasteiger partial charge in [0.05, 0.1) is 12.7 Å². The molecule has 2 atom stereocenters. The van der Waals surface area contributed by atoms with Crippen LogP contribution in [0.25, 0.3) is 11.1 Å². The largest absolute Gasteiger partial charge is 0.497 e. The summed E-state index contributed by atoms with van der Waals surface area (Å²) in [5.41, 5.74) is 8.31. The molecule has 0 bridgehead atoms. The van der Waals surface area contributed by atoms with E-state index in [2.05, 4.69) is 11.9 Å². The van der Waals surface area contributed by atoms with Crippen LogP contribution in [-0.2, 0) is 0 Å². The van der Waals surface area contributed by atoms with Crippen molar-refractivity contribution in [2.24, 2.45) is 11.7 Å². The van der Waals surface area contributed by atoms with Crippen LogP contribution in [0.2, 0.25) is 0 Å². The van der Waals surface area contributed by atoms with E-state index >= 15 is 0 Å². The van der Waals surface area contributed by atoms with E-state index in [0.717, 1.165) is 29.8 Å². The highest BCUT2D eigenvalue weighted by Crippen LogP contribution is 2.26. The van der Waals surface area contributed by atoms with Crippen molar-refractivity contribution in [2.75, 3.05) is 20.2 Å². The van der Waals surface area contributed by atoms with Gasteiger partial charge in [-0.2, -0.15) is 0 Å². The first kappa shape index (κ1) is 16.5. The second-order valence-corrected chi connectivity index (χ2v) is 6.33. The topological polar surface area (TPSA) is 68.5 Å². The molecule has 3 rings (SSSR count). The zero-order chi connectivity index (χ0) is 17.1. The van der Waals surface area contributed by atoms with Gasteiger partial charge in [-0.05, 0) is 49.6 Å². The highest BCUT2D eigenvalue weighted by Gasteiger charge is 2.32. The normalized spacial score (nSPS) is 20.2. The summed E-state index contributed by atoms with van der Waals surface area (Å²) in [7, 11) is 1.64. The van der Waals surface area contributed by atoms with Crippen LogP contribution in [0, 0.1) is 5.92 Å². The lowest BCUT2D eigenvalue weighted by atomic mass is 10.1. The zero-order valence-electron chi connectivity index (χ0n) is 14.1. The molecule has 1 aromatic heterocycles. The number of hydrogen-bond acceptors (Lipinski definition) is 4. The molecule has 5 nitrogen and oxygen atoms in total. The predicted octanol–water partition coefficient (Wildman–Crippen LogP) is 2.57. The van der Waals surface area contributed by atoms with Crippen molar-refractivity contribution < 1.29 is 9.53 Å². The summed E-state index contributed by atoms with van der Waals surface area (Å²) >= 11 is 0. The average Bonchev–Trinajstić information content (AvgIpc) is 3.02. The van der Waals surface area contributed by atoms with E-state index in [1.807, 2.05) is 35.2 Å². The lowest BCUT2D eigenvalue weighted by Gasteiger charge is -2.21. The van der Waals surface area contributed by atoms with E-state index in [0.29, 0.717) is 18.0 Å². The number of methoxy groups -OCH3 is 1. The molecule has 2 heterocycles. The molecule has 0 spiro atoms. The van der Waals surface area contributed by atoms with Crippen LogP contribution < -0.4 is 10.5 Å². The fourth-order valence-electron chi connectivity index (χ4n) is 3.26. The number of rotatable bonds is 4. The van der Waals surface area contributed by atoms with Gasteiger partial charge in [0.1, 0.15) is 5.75 Å². The van der Waals surface area contributed by atoms with Crippen molar-refractivity contribution in [1.82, 2.24) is 9.88 Å². The SMILES string of the molecule is COc1ccc(-c2cncc(C(=O)N3CC(CN)CC3C)c2)cc1. The summed E-state index contributed by atoms with van der Waals surface area (Å²) in [4.78, 5) is 19.0. The number of aromatic nitrogens is 1. The molecule has 1 saturated heterocycles. The Labute approximate surface area is 142 Å². The molecular weight excluding hydrogens is 302 g/mol. The van der Waals surface area contributed by atoms with Crippen LogP contribution in [0.3, 0.4) is 0 Å². The Hall–Kier alpha value is -2.40. The minimum atomic E-state index is 0.0290. The van der Waals surface area contributed by atoms with Crippen molar-refractivity contribution in [2.45, 2.75) is 19.4 Å². The molecule has 0 radical (unpaired) electrons. The van der Waals surface area contributed by atoms with E-state index in [-0.39, 0.29) is 11.9 Å². The van der Waals surface area contributed by atoms with Gasteiger partial charge in [-0.3, -0.25) is 9.78 Å². The lowest BCUT2D eigenvalue weighted by molar-refractivity contribution is 0.0743. The van der Waals surface area contributed by atoms with Crippen molar-refractivity contribution in [3.8, 4) is 16.9 Å². The third-order valence-corrected chi connectivity index (χ3v) is 4.66. The smallest absolute Gasteiger partial charge is 0.255 e. The van der Waals surface area contributed by atoms with Gasteiger partial charge in [-0.15, -0.1) is 0 Å². The second-order valence-electron chi connectivity index (χ2n) is 6.33. The van der Waals surface area contributed by atoms with Gasteiger partial charge in [-0.1, -0.05) is 12.1 Å². The Morgan fingerprint density at radius 2 is 2.04 bits per heavy atom. The summed E-state index contributed by atoms with van der Waals surface area (Å²) in [6, 6.07) is 9.85. The Kier molecular flexibility index (Phi) is 4.81. The standard InChI is InChI=1S/C19H23N3O2/c1-13-7-14(9-20)12-22(13)19(23)17-8-16(10-21-11-17)15-3-5-18(24-2)6-4-15/h3-6,8,10-11,13-14H,7,9,12,20H2,1-2H3. The maximum absolute atomic E-state index is 12.8. The van der Waals surface area contributed by atoms with Gasteiger partial charge in [0.15, 0.2) is 0 Å². The Morgan fingerprint density at radius 3 is 2.67 bits per heavy atom. The first-order valence-corrected chi connectivity index (χ1v) is 8.23. The molecule has 1 fully saturated rings.